The second kappa shape index (κ2) is 7.15. The Bertz CT molecular complexity index is 1040. The zero-order valence-electron chi connectivity index (χ0n) is 13.4. The van der Waals surface area contributed by atoms with Gasteiger partial charge in [0.1, 0.15) is 5.75 Å². The Hall–Kier alpha value is -2.90. The Morgan fingerprint density at radius 3 is 2.69 bits per heavy atom. The average molecular weight is 385 g/mol. The van der Waals surface area contributed by atoms with E-state index in [9.17, 15) is 4.79 Å². The number of ether oxygens (including phenoxy) is 1. The van der Waals surface area contributed by atoms with Crippen LogP contribution >= 0.6 is 22.9 Å². The van der Waals surface area contributed by atoms with E-state index in [1.807, 2.05) is 35.7 Å². The molecule has 6 nitrogen and oxygen atoms in total. The van der Waals surface area contributed by atoms with Gasteiger partial charge in [0.25, 0.3) is 11.9 Å². The number of rotatable bonds is 5. The summed E-state index contributed by atoms with van der Waals surface area (Å²) in [5, 5.41) is 9.61. The number of nitrogens with zero attached hydrogens (tertiary/aromatic N) is 3. The molecule has 0 saturated carbocycles. The van der Waals surface area contributed by atoms with Crippen LogP contribution in [0, 0.1) is 0 Å². The molecule has 0 saturated heterocycles. The lowest BCUT2D eigenvalue weighted by atomic mass is 10.2. The highest BCUT2D eigenvalue weighted by atomic mass is 35.5. The quantitative estimate of drug-likeness (QED) is 0.561. The second-order valence-corrected chi connectivity index (χ2v) is 6.68. The lowest BCUT2D eigenvalue weighted by Crippen LogP contribution is -2.20. The molecular weight excluding hydrogens is 372 g/mol. The van der Waals surface area contributed by atoms with Crippen molar-refractivity contribution in [2.24, 2.45) is 0 Å². The van der Waals surface area contributed by atoms with Crippen molar-refractivity contribution in [3.63, 3.8) is 0 Å². The Morgan fingerprint density at radius 1 is 1.15 bits per heavy atom. The number of nitrogens with one attached hydrogen (secondary N) is 1. The summed E-state index contributed by atoms with van der Waals surface area (Å²) in [6, 6.07) is 16.7. The fourth-order valence-electron chi connectivity index (χ4n) is 2.38. The smallest absolute Gasteiger partial charge is 0.264 e. The van der Waals surface area contributed by atoms with E-state index >= 15 is 0 Å². The number of anilines is 1. The number of benzene rings is 2. The highest BCUT2D eigenvalue weighted by Gasteiger charge is 2.13. The zero-order valence-corrected chi connectivity index (χ0v) is 15.0. The van der Waals surface area contributed by atoms with Crippen molar-refractivity contribution < 1.29 is 9.53 Å². The van der Waals surface area contributed by atoms with Crippen molar-refractivity contribution in [2.45, 2.75) is 0 Å². The highest BCUT2D eigenvalue weighted by molar-refractivity contribution is 7.15. The summed E-state index contributed by atoms with van der Waals surface area (Å²) >= 11 is 7.28. The van der Waals surface area contributed by atoms with Crippen LogP contribution in [0.2, 0.25) is 5.02 Å². The summed E-state index contributed by atoms with van der Waals surface area (Å²) in [7, 11) is 0. The maximum Gasteiger partial charge on any atom is 0.264 e. The zero-order chi connectivity index (χ0) is 17.9. The predicted octanol–water partition coefficient (Wildman–Crippen LogP) is 4.13. The van der Waals surface area contributed by atoms with Gasteiger partial charge in [-0.15, -0.1) is 16.4 Å². The Balaban J connectivity index is 1.45. The molecule has 0 unspecified atom stereocenters. The maximum absolute atomic E-state index is 12.1. The lowest BCUT2D eigenvalue weighted by Gasteiger charge is -2.05. The summed E-state index contributed by atoms with van der Waals surface area (Å²) < 4.78 is 7.13. The molecule has 8 heteroatoms. The van der Waals surface area contributed by atoms with Gasteiger partial charge in [0.2, 0.25) is 4.96 Å². The molecule has 0 radical (unpaired) electrons. The highest BCUT2D eigenvalue weighted by Crippen LogP contribution is 2.25. The van der Waals surface area contributed by atoms with Crippen LogP contribution in [-0.2, 0) is 4.79 Å². The van der Waals surface area contributed by atoms with E-state index in [4.69, 9.17) is 16.3 Å². The van der Waals surface area contributed by atoms with E-state index in [1.54, 1.807) is 28.8 Å². The van der Waals surface area contributed by atoms with E-state index in [0.29, 0.717) is 15.7 Å². The van der Waals surface area contributed by atoms with Crippen LogP contribution in [-0.4, -0.2) is 27.1 Å². The molecule has 26 heavy (non-hydrogen) atoms. The number of carbonyl (C=O) groups excluding carboxylic acids is 1. The van der Waals surface area contributed by atoms with Crippen LogP contribution < -0.4 is 10.1 Å². The minimum absolute atomic E-state index is 0.139. The van der Waals surface area contributed by atoms with E-state index in [2.05, 4.69) is 15.4 Å². The molecule has 0 aliphatic carbocycles. The third-order valence-electron chi connectivity index (χ3n) is 3.59. The first-order valence-corrected chi connectivity index (χ1v) is 9.03. The van der Waals surface area contributed by atoms with Crippen LogP contribution in [0.15, 0.2) is 60.0 Å². The molecule has 2 aromatic carbocycles. The van der Waals surface area contributed by atoms with Gasteiger partial charge in [-0.2, -0.15) is 4.98 Å². The van der Waals surface area contributed by atoms with Crippen molar-refractivity contribution in [2.75, 3.05) is 11.9 Å². The third kappa shape index (κ3) is 3.54. The third-order valence-corrected chi connectivity index (χ3v) is 4.65. The first-order valence-electron chi connectivity index (χ1n) is 7.77. The van der Waals surface area contributed by atoms with Crippen molar-refractivity contribution in [3.05, 3.63) is 65.0 Å². The van der Waals surface area contributed by atoms with Crippen LogP contribution in [0.3, 0.4) is 0 Å². The molecule has 0 bridgehead atoms. The topological polar surface area (TPSA) is 68.5 Å². The maximum atomic E-state index is 12.1. The molecule has 0 aliphatic heterocycles. The Kier molecular flexibility index (Phi) is 4.55. The number of halogens is 1. The van der Waals surface area contributed by atoms with Gasteiger partial charge in [-0.1, -0.05) is 41.9 Å². The molecule has 0 spiro atoms. The number of hydrogen-bond donors (Lipinski definition) is 1. The van der Waals surface area contributed by atoms with Crippen LogP contribution in [0.1, 0.15) is 0 Å². The fourth-order valence-corrected chi connectivity index (χ4v) is 3.34. The van der Waals surface area contributed by atoms with Crippen LogP contribution in [0.5, 0.6) is 5.75 Å². The first kappa shape index (κ1) is 16.6. The van der Waals surface area contributed by atoms with E-state index < -0.39 is 0 Å². The summed E-state index contributed by atoms with van der Waals surface area (Å²) in [6.45, 7) is -0.139. The van der Waals surface area contributed by atoms with Crippen molar-refractivity contribution in [1.29, 1.82) is 0 Å². The van der Waals surface area contributed by atoms with Gasteiger partial charge >= 0.3 is 0 Å². The summed E-state index contributed by atoms with van der Waals surface area (Å²) in [5.74, 6) is 0.480. The summed E-state index contributed by atoms with van der Waals surface area (Å²) in [4.78, 5) is 17.1. The van der Waals surface area contributed by atoms with E-state index in [0.717, 1.165) is 11.3 Å². The molecule has 130 valence electrons. The Labute approximate surface area is 158 Å². The molecule has 4 rings (SSSR count). The number of thiazole rings is 1. The SMILES string of the molecule is O=C(COc1ccc(Cl)cc1)Nc1nc2scc(-c3ccccc3)n2n1. The molecule has 0 aliphatic rings. The number of aromatic nitrogens is 3. The van der Waals surface area contributed by atoms with Crippen LogP contribution in [0.25, 0.3) is 16.2 Å². The van der Waals surface area contributed by atoms with Gasteiger partial charge in [-0.05, 0) is 24.3 Å². The van der Waals surface area contributed by atoms with Gasteiger partial charge in [-0.25, -0.2) is 4.52 Å². The monoisotopic (exact) mass is 384 g/mol. The molecule has 1 N–H and O–H groups in total. The molecular formula is C18H13ClN4O2S. The largest absolute Gasteiger partial charge is 0.484 e. The minimum atomic E-state index is -0.334. The molecule has 4 aromatic rings. The molecule has 2 heterocycles. The molecule has 0 atom stereocenters. The normalized spacial score (nSPS) is 10.8. The second-order valence-electron chi connectivity index (χ2n) is 5.41. The van der Waals surface area contributed by atoms with Gasteiger partial charge in [0.15, 0.2) is 6.61 Å². The van der Waals surface area contributed by atoms with Crippen molar-refractivity contribution in [1.82, 2.24) is 14.6 Å². The van der Waals surface area contributed by atoms with Gasteiger partial charge in [0, 0.05) is 16.0 Å². The number of amides is 1. The molecule has 0 fully saturated rings. The Morgan fingerprint density at radius 2 is 1.92 bits per heavy atom. The minimum Gasteiger partial charge on any atom is -0.484 e. The van der Waals surface area contributed by atoms with E-state index in [1.165, 1.54) is 11.3 Å². The standard InChI is InChI=1S/C18H13ClN4O2S/c19-13-6-8-14(9-7-13)25-10-16(24)20-17-21-18-23(22-17)15(11-26-18)12-4-2-1-3-5-12/h1-9,11H,10H2,(H,20,22,24). The van der Waals surface area contributed by atoms with Gasteiger partial charge < -0.3 is 4.74 Å². The number of carbonyl (C=O) groups is 1. The van der Waals surface area contributed by atoms with Crippen molar-refractivity contribution in [3.8, 4) is 17.0 Å². The number of hydrogen-bond acceptors (Lipinski definition) is 5. The summed E-state index contributed by atoms with van der Waals surface area (Å²) in [5.41, 5.74) is 1.96. The fraction of sp³-hybridized carbons (Fsp3) is 0.0556. The average Bonchev–Trinajstić information content (AvgIpc) is 3.22. The van der Waals surface area contributed by atoms with Crippen LogP contribution in [0.4, 0.5) is 5.95 Å². The van der Waals surface area contributed by atoms with E-state index in [-0.39, 0.29) is 18.5 Å². The van der Waals surface area contributed by atoms with Gasteiger partial charge in [-0.3, -0.25) is 10.1 Å². The lowest BCUT2D eigenvalue weighted by molar-refractivity contribution is -0.118. The van der Waals surface area contributed by atoms with Crippen molar-refractivity contribution >= 4 is 39.8 Å². The summed E-state index contributed by atoms with van der Waals surface area (Å²) in [6.07, 6.45) is 0. The predicted molar refractivity (Wildman–Crippen MR) is 102 cm³/mol. The van der Waals surface area contributed by atoms with Gasteiger partial charge in [0.05, 0.1) is 5.69 Å². The number of fused-ring (bicyclic) bond motifs is 1. The first-order chi connectivity index (χ1) is 12.7. The molecule has 2 aromatic heterocycles. The molecule has 1 amide bonds.